The fraction of sp³-hybridized carbons (Fsp3) is 0.600. The molecule has 1 aromatic heterocycles. The van der Waals surface area contributed by atoms with Crippen molar-refractivity contribution in [3.8, 4) is 0 Å². The zero-order valence-electron chi connectivity index (χ0n) is 9.83. The first-order valence-electron chi connectivity index (χ1n) is 5.17. The zero-order chi connectivity index (χ0) is 12.1. The molecule has 1 amide bonds. The predicted octanol–water partition coefficient (Wildman–Crippen LogP) is 0.641. The number of carbonyl (C=O) groups excluding carboxylic acids is 1. The number of nitrogens with zero attached hydrogens (tertiary/aromatic N) is 3. The Hall–Kier alpha value is -1.07. The van der Waals surface area contributed by atoms with E-state index in [1.165, 1.54) is 0 Å². The lowest BCUT2D eigenvalue weighted by Gasteiger charge is -2.14. The molecule has 16 heavy (non-hydrogen) atoms. The van der Waals surface area contributed by atoms with Gasteiger partial charge in [0, 0.05) is 20.6 Å². The molecule has 0 saturated carbocycles. The highest BCUT2D eigenvalue weighted by Crippen LogP contribution is 2.08. The number of imidazole rings is 1. The van der Waals surface area contributed by atoms with Gasteiger partial charge in [0.2, 0.25) is 5.91 Å². The number of halogens is 1. The Balaban J connectivity index is 2.36. The summed E-state index contributed by atoms with van der Waals surface area (Å²) in [6.45, 7) is 3.51. The van der Waals surface area contributed by atoms with Crippen molar-refractivity contribution in [1.82, 2.24) is 19.8 Å². The van der Waals surface area contributed by atoms with Crippen molar-refractivity contribution >= 4 is 17.5 Å². The van der Waals surface area contributed by atoms with E-state index in [1.54, 1.807) is 22.7 Å². The van der Waals surface area contributed by atoms with Gasteiger partial charge in [-0.1, -0.05) is 11.6 Å². The summed E-state index contributed by atoms with van der Waals surface area (Å²) in [7, 11) is 3.62. The molecule has 0 unspecified atom stereocenters. The van der Waals surface area contributed by atoms with Gasteiger partial charge in [0.25, 0.3) is 0 Å². The first-order valence-corrected chi connectivity index (χ1v) is 5.54. The second kappa shape index (κ2) is 5.86. The quantitative estimate of drug-likeness (QED) is 0.827. The molecule has 0 bridgehead atoms. The maximum absolute atomic E-state index is 11.5. The third-order valence-electron chi connectivity index (χ3n) is 2.49. The lowest BCUT2D eigenvalue weighted by molar-refractivity contribution is -0.128. The molecule has 0 atom stereocenters. The molecular weight excluding hydrogens is 228 g/mol. The third-order valence-corrected chi connectivity index (χ3v) is 2.84. The van der Waals surface area contributed by atoms with Gasteiger partial charge in [0.1, 0.15) is 11.0 Å². The second-order valence-corrected chi connectivity index (χ2v) is 3.95. The average Bonchev–Trinajstić information content (AvgIpc) is 2.59. The molecule has 5 nitrogen and oxygen atoms in total. The van der Waals surface area contributed by atoms with Crippen LogP contribution in [0, 0.1) is 0 Å². The highest BCUT2D eigenvalue weighted by Gasteiger charge is 2.07. The summed E-state index contributed by atoms with van der Waals surface area (Å²) >= 11 is 5.84. The molecule has 0 saturated heterocycles. The van der Waals surface area contributed by atoms with E-state index in [4.69, 9.17) is 11.6 Å². The Morgan fingerprint density at radius 1 is 1.69 bits per heavy atom. The number of aromatic nitrogens is 2. The molecule has 1 rings (SSSR count). The Labute approximate surface area is 100 Å². The van der Waals surface area contributed by atoms with Gasteiger partial charge in [0.15, 0.2) is 0 Å². The summed E-state index contributed by atoms with van der Waals surface area (Å²) in [5.41, 5.74) is 0. The van der Waals surface area contributed by atoms with Crippen LogP contribution < -0.4 is 5.32 Å². The molecule has 1 aromatic rings. The molecule has 0 aliphatic rings. The third kappa shape index (κ3) is 3.21. The fourth-order valence-electron chi connectivity index (χ4n) is 1.18. The monoisotopic (exact) mass is 244 g/mol. The number of hydrogen-bond donors (Lipinski definition) is 1. The fourth-order valence-corrected chi connectivity index (χ4v) is 1.33. The van der Waals surface area contributed by atoms with E-state index in [2.05, 4.69) is 10.3 Å². The Morgan fingerprint density at radius 2 is 2.38 bits per heavy atom. The summed E-state index contributed by atoms with van der Waals surface area (Å²) in [5.74, 6) is 0.889. The van der Waals surface area contributed by atoms with Crippen molar-refractivity contribution in [3.63, 3.8) is 0 Å². The SMILES string of the molecule is CCN(C)C(=O)CNCc1ncc(Cl)n1C. The summed E-state index contributed by atoms with van der Waals surface area (Å²) in [4.78, 5) is 17.3. The number of nitrogens with one attached hydrogen (secondary N) is 1. The lowest BCUT2D eigenvalue weighted by atomic mass is 10.4. The molecule has 0 fully saturated rings. The maximum atomic E-state index is 11.5. The highest BCUT2D eigenvalue weighted by atomic mass is 35.5. The minimum atomic E-state index is 0.0720. The van der Waals surface area contributed by atoms with E-state index in [0.717, 1.165) is 12.4 Å². The van der Waals surface area contributed by atoms with Crippen molar-refractivity contribution in [1.29, 1.82) is 0 Å². The standard InChI is InChI=1S/C10H17ClN4O/c1-4-14(2)10(16)7-12-6-9-13-5-8(11)15(9)3/h5,12H,4,6-7H2,1-3H3. The smallest absolute Gasteiger partial charge is 0.236 e. The van der Waals surface area contributed by atoms with Gasteiger partial charge >= 0.3 is 0 Å². The van der Waals surface area contributed by atoms with Crippen LogP contribution in [0.25, 0.3) is 0 Å². The summed E-state index contributed by atoms with van der Waals surface area (Å²) in [6, 6.07) is 0. The van der Waals surface area contributed by atoms with Gasteiger partial charge in [-0.25, -0.2) is 4.98 Å². The zero-order valence-corrected chi connectivity index (χ0v) is 10.6. The van der Waals surface area contributed by atoms with E-state index in [9.17, 15) is 4.79 Å². The minimum absolute atomic E-state index is 0.0720. The van der Waals surface area contributed by atoms with E-state index in [-0.39, 0.29) is 5.91 Å². The molecule has 90 valence electrons. The number of likely N-dealkylation sites (N-methyl/N-ethyl adjacent to an activating group) is 1. The molecule has 0 radical (unpaired) electrons. The lowest BCUT2D eigenvalue weighted by Crippen LogP contribution is -2.35. The summed E-state index contributed by atoms with van der Waals surface area (Å²) in [6.07, 6.45) is 1.60. The van der Waals surface area contributed by atoms with Crippen LogP contribution in [0.2, 0.25) is 5.15 Å². The second-order valence-electron chi connectivity index (χ2n) is 3.57. The molecule has 1 N–H and O–H groups in total. The number of hydrogen-bond acceptors (Lipinski definition) is 3. The topological polar surface area (TPSA) is 50.2 Å². The van der Waals surface area contributed by atoms with Crippen LogP contribution in [0.5, 0.6) is 0 Å². The van der Waals surface area contributed by atoms with E-state index in [0.29, 0.717) is 18.2 Å². The van der Waals surface area contributed by atoms with Gasteiger partial charge in [-0.05, 0) is 6.92 Å². The molecule has 1 heterocycles. The van der Waals surface area contributed by atoms with Crippen molar-refractivity contribution in [2.24, 2.45) is 7.05 Å². The molecule has 0 aliphatic heterocycles. The van der Waals surface area contributed by atoms with Crippen molar-refractivity contribution in [2.75, 3.05) is 20.1 Å². The first kappa shape index (κ1) is 13.0. The Bertz CT molecular complexity index is 364. The van der Waals surface area contributed by atoms with Crippen LogP contribution in [0.15, 0.2) is 6.20 Å². The van der Waals surface area contributed by atoms with E-state index >= 15 is 0 Å². The van der Waals surface area contributed by atoms with Crippen molar-refractivity contribution in [3.05, 3.63) is 17.2 Å². The predicted molar refractivity (Wildman–Crippen MR) is 63.2 cm³/mol. The molecule has 6 heteroatoms. The molecule has 0 spiro atoms. The number of rotatable bonds is 5. The van der Waals surface area contributed by atoms with Crippen LogP contribution in [-0.4, -0.2) is 40.5 Å². The van der Waals surface area contributed by atoms with Gasteiger partial charge in [-0.15, -0.1) is 0 Å². The van der Waals surface area contributed by atoms with Crippen molar-refractivity contribution < 1.29 is 4.79 Å². The molecule has 0 aliphatic carbocycles. The average molecular weight is 245 g/mol. The molecular formula is C10H17ClN4O. The van der Waals surface area contributed by atoms with E-state index in [1.807, 2.05) is 14.0 Å². The van der Waals surface area contributed by atoms with Crippen LogP contribution in [-0.2, 0) is 18.4 Å². The Morgan fingerprint density at radius 3 is 2.88 bits per heavy atom. The van der Waals surface area contributed by atoms with Crippen LogP contribution >= 0.6 is 11.6 Å². The highest BCUT2D eigenvalue weighted by molar-refractivity contribution is 6.29. The van der Waals surface area contributed by atoms with Gasteiger partial charge in [-0.3, -0.25) is 4.79 Å². The van der Waals surface area contributed by atoms with Gasteiger partial charge in [0.05, 0.1) is 19.3 Å². The molecule has 0 aromatic carbocycles. The maximum Gasteiger partial charge on any atom is 0.236 e. The van der Waals surface area contributed by atoms with E-state index < -0.39 is 0 Å². The van der Waals surface area contributed by atoms with Gasteiger partial charge in [-0.2, -0.15) is 0 Å². The number of amides is 1. The van der Waals surface area contributed by atoms with Crippen LogP contribution in [0.3, 0.4) is 0 Å². The minimum Gasteiger partial charge on any atom is -0.345 e. The number of carbonyl (C=O) groups is 1. The first-order chi connectivity index (χ1) is 7.56. The van der Waals surface area contributed by atoms with Crippen molar-refractivity contribution in [2.45, 2.75) is 13.5 Å². The van der Waals surface area contributed by atoms with Crippen LogP contribution in [0.4, 0.5) is 0 Å². The summed E-state index contributed by atoms with van der Waals surface area (Å²) < 4.78 is 1.78. The normalized spacial score (nSPS) is 10.5. The van der Waals surface area contributed by atoms with Crippen LogP contribution in [0.1, 0.15) is 12.7 Å². The Kier molecular flexibility index (Phi) is 4.76. The summed E-state index contributed by atoms with van der Waals surface area (Å²) in [5, 5.41) is 3.63. The van der Waals surface area contributed by atoms with Gasteiger partial charge < -0.3 is 14.8 Å². The largest absolute Gasteiger partial charge is 0.345 e.